The van der Waals surface area contributed by atoms with Crippen LogP contribution in [0.4, 0.5) is 0 Å². The van der Waals surface area contributed by atoms with Crippen LogP contribution < -0.4 is 4.72 Å². The van der Waals surface area contributed by atoms with Gasteiger partial charge >= 0.3 is 0 Å². The van der Waals surface area contributed by atoms with Crippen LogP contribution in [0.3, 0.4) is 0 Å². The lowest BCUT2D eigenvalue weighted by atomic mass is 9.98. The Bertz CT molecular complexity index is 777. The van der Waals surface area contributed by atoms with E-state index in [1.54, 1.807) is 18.2 Å². The highest BCUT2D eigenvalue weighted by Gasteiger charge is 2.21. The molecule has 0 saturated heterocycles. The largest absolute Gasteiger partial charge is 0.216 e. The summed E-state index contributed by atoms with van der Waals surface area (Å²) in [5.41, 5.74) is 1.49. The molecule has 1 N–H and O–H groups in total. The number of hydrogen-bond acceptors (Lipinski definition) is 2. The van der Waals surface area contributed by atoms with Gasteiger partial charge in [0.1, 0.15) is 0 Å². The summed E-state index contributed by atoms with van der Waals surface area (Å²) >= 11 is 12.0. The Hall–Kier alpha value is -1.07. The van der Waals surface area contributed by atoms with E-state index in [4.69, 9.17) is 23.2 Å². The third kappa shape index (κ3) is 5.78. The van der Waals surface area contributed by atoms with Crippen molar-refractivity contribution < 1.29 is 8.42 Å². The molecule has 0 bridgehead atoms. The van der Waals surface area contributed by atoms with Gasteiger partial charge in [0.15, 0.2) is 0 Å². The number of hydrogen-bond donors (Lipinski definition) is 1. The molecule has 0 aromatic heterocycles. The molecule has 1 atom stereocenters. The van der Waals surface area contributed by atoms with Crippen LogP contribution in [0.15, 0.2) is 48.5 Å². The minimum Gasteiger partial charge on any atom is -0.212 e. The van der Waals surface area contributed by atoms with Crippen molar-refractivity contribution in [2.24, 2.45) is 5.92 Å². The van der Waals surface area contributed by atoms with Crippen LogP contribution in [0.2, 0.25) is 10.0 Å². The number of halogens is 2. The fourth-order valence-electron chi connectivity index (χ4n) is 2.51. The molecule has 130 valence electrons. The Morgan fingerprint density at radius 1 is 1.04 bits per heavy atom. The minimum atomic E-state index is -3.54. The highest BCUT2D eigenvalue weighted by atomic mass is 35.5. The first-order valence-electron chi connectivity index (χ1n) is 7.75. The predicted molar refractivity (Wildman–Crippen MR) is 101 cm³/mol. The second-order valence-corrected chi connectivity index (χ2v) is 8.80. The average molecular weight is 386 g/mol. The van der Waals surface area contributed by atoms with E-state index in [-0.39, 0.29) is 11.8 Å². The molecule has 24 heavy (non-hydrogen) atoms. The summed E-state index contributed by atoms with van der Waals surface area (Å²) in [4.78, 5) is 0. The SMILES string of the molecule is CC(C)CC(NS(=O)(=O)Cc1ccc(Cl)cc1Cl)c1ccccc1. The van der Waals surface area contributed by atoms with E-state index in [0.717, 1.165) is 12.0 Å². The van der Waals surface area contributed by atoms with Gasteiger partial charge in [-0.05, 0) is 35.6 Å². The summed E-state index contributed by atoms with van der Waals surface area (Å²) < 4.78 is 28.0. The van der Waals surface area contributed by atoms with E-state index in [2.05, 4.69) is 18.6 Å². The number of benzene rings is 2. The lowest BCUT2D eigenvalue weighted by Crippen LogP contribution is -2.30. The predicted octanol–water partition coefficient (Wildman–Crippen LogP) is 5.20. The summed E-state index contributed by atoms with van der Waals surface area (Å²) in [6.07, 6.45) is 0.720. The van der Waals surface area contributed by atoms with Crippen molar-refractivity contribution in [1.82, 2.24) is 4.72 Å². The Balaban J connectivity index is 2.20. The van der Waals surface area contributed by atoms with Gasteiger partial charge in [-0.2, -0.15) is 0 Å². The maximum Gasteiger partial charge on any atom is 0.216 e. The Morgan fingerprint density at radius 2 is 1.71 bits per heavy atom. The van der Waals surface area contributed by atoms with Crippen LogP contribution in [0.25, 0.3) is 0 Å². The third-order valence-corrected chi connectivity index (χ3v) is 5.51. The molecular weight excluding hydrogens is 365 g/mol. The second-order valence-electron chi connectivity index (χ2n) is 6.21. The maximum absolute atomic E-state index is 12.6. The van der Waals surface area contributed by atoms with Gasteiger partial charge in [-0.3, -0.25) is 0 Å². The zero-order valence-corrected chi connectivity index (χ0v) is 16.0. The molecule has 3 nitrogen and oxygen atoms in total. The van der Waals surface area contributed by atoms with Crippen LogP contribution in [-0.2, 0) is 15.8 Å². The molecule has 1 unspecified atom stereocenters. The number of nitrogens with one attached hydrogen (secondary N) is 1. The molecule has 0 aliphatic carbocycles. The highest BCUT2D eigenvalue weighted by Crippen LogP contribution is 2.25. The third-order valence-electron chi connectivity index (χ3n) is 3.59. The van der Waals surface area contributed by atoms with E-state index in [1.165, 1.54) is 0 Å². The van der Waals surface area contributed by atoms with E-state index < -0.39 is 10.0 Å². The second kappa shape index (κ2) is 8.34. The minimum absolute atomic E-state index is 0.176. The van der Waals surface area contributed by atoms with Gasteiger partial charge in [-0.25, -0.2) is 13.1 Å². The first-order valence-corrected chi connectivity index (χ1v) is 10.2. The first kappa shape index (κ1) is 19.3. The Kier molecular flexibility index (Phi) is 6.70. The van der Waals surface area contributed by atoms with E-state index in [9.17, 15) is 8.42 Å². The maximum atomic E-state index is 12.6. The molecule has 0 amide bonds. The summed E-state index contributed by atoms with van der Waals surface area (Å²) in [7, 11) is -3.54. The molecule has 2 rings (SSSR count). The van der Waals surface area contributed by atoms with Crippen LogP contribution in [0.1, 0.15) is 37.4 Å². The molecule has 0 spiro atoms. The monoisotopic (exact) mass is 385 g/mol. The molecule has 0 fully saturated rings. The normalized spacial score (nSPS) is 13.2. The molecule has 0 aliphatic rings. The Morgan fingerprint density at radius 3 is 2.29 bits per heavy atom. The van der Waals surface area contributed by atoms with Crippen molar-refractivity contribution in [3.05, 3.63) is 69.7 Å². The fraction of sp³-hybridized carbons (Fsp3) is 0.333. The average Bonchev–Trinajstić information content (AvgIpc) is 2.49. The standard InChI is InChI=1S/C18H21Cl2NO2S/c1-13(2)10-18(14-6-4-3-5-7-14)21-24(22,23)12-15-8-9-16(19)11-17(15)20/h3-9,11,13,18,21H,10,12H2,1-2H3. The smallest absolute Gasteiger partial charge is 0.212 e. The quantitative estimate of drug-likeness (QED) is 0.711. The van der Waals surface area contributed by atoms with E-state index in [1.807, 2.05) is 30.3 Å². The summed E-state index contributed by atoms with van der Waals surface area (Å²) in [5, 5.41) is 0.837. The fourth-order valence-corrected chi connectivity index (χ4v) is 4.48. The van der Waals surface area contributed by atoms with Crippen LogP contribution in [-0.4, -0.2) is 8.42 Å². The molecule has 0 heterocycles. The summed E-state index contributed by atoms with van der Waals surface area (Å²) in [6, 6.07) is 14.2. The van der Waals surface area contributed by atoms with Gasteiger partial charge in [-0.15, -0.1) is 0 Å². The molecule has 0 radical (unpaired) electrons. The van der Waals surface area contributed by atoms with E-state index in [0.29, 0.717) is 21.5 Å². The van der Waals surface area contributed by atoms with Crippen LogP contribution in [0, 0.1) is 5.92 Å². The van der Waals surface area contributed by atoms with Gasteiger partial charge in [0.25, 0.3) is 0 Å². The molecular formula is C18H21Cl2NO2S. The lowest BCUT2D eigenvalue weighted by Gasteiger charge is -2.21. The number of rotatable bonds is 7. The zero-order chi connectivity index (χ0) is 17.7. The number of sulfonamides is 1. The van der Waals surface area contributed by atoms with Crippen LogP contribution in [0.5, 0.6) is 0 Å². The summed E-state index contributed by atoms with van der Waals surface area (Å²) in [5.74, 6) is 0.182. The van der Waals surface area contributed by atoms with Crippen molar-refractivity contribution in [2.75, 3.05) is 0 Å². The lowest BCUT2D eigenvalue weighted by molar-refractivity contribution is 0.472. The Labute approximate surface area is 154 Å². The van der Waals surface area contributed by atoms with Crippen molar-refractivity contribution in [3.8, 4) is 0 Å². The molecule has 0 aliphatic heterocycles. The molecule has 6 heteroatoms. The first-order chi connectivity index (χ1) is 11.3. The van der Waals surface area contributed by atoms with Gasteiger partial charge in [0.05, 0.1) is 5.75 Å². The van der Waals surface area contributed by atoms with Gasteiger partial charge in [-0.1, -0.05) is 73.4 Å². The zero-order valence-electron chi connectivity index (χ0n) is 13.7. The van der Waals surface area contributed by atoms with Gasteiger partial charge in [0, 0.05) is 16.1 Å². The van der Waals surface area contributed by atoms with Crippen molar-refractivity contribution in [3.63, 3.8) is 0 Å². The van der Waals surface area contributed by atoms with Crippen molar-refractivity contribution >= 4 is 33.2 Å². The van der Waals surface area contributed by atoms with Crippen molar-refractivity contribution in [2.45, 2.75) is 32.1 Å². The summed E-state index contributed by atoms with van der Waals surface area (Å²) in [6.45, 7) is 4.14. The van der Waals surface area contributed by atoms with Gasteiger partial charge in [0.2, 0.25) is 10.0 Å². The highest BCUT2D eigenvalue weighted by molar-refractivity contribution is 7.88. The van der Waals surface area contributed by atoms with Crippen LogP contribution >= 0.6 is 23.2 Å². The van der Waals surface area contributed by atoms with Gasteiger partial charge < -0.3 is 0 Å². The molecule has 2 aromatic carbocycles. The molecule has 2 aromatic rings. The van der Waals surface area contributed by atoms with E-state index >= 15 is 0 Å². The molecule has 0 saturated carbocycles. The topological polar surface area (TPSA) is 46.2 Å². The van der Waals surface area contributed by atoms with Crippen molar-refractivity contribution in [1.29, 1.82) is 0 Å².